The molecular formula is C14H26N4OS. The molecule has 0 aliphatic rings. The van der Waals surface area contributed by atoms with Crippen LogP contribution in [0.15, 0.2) is 0 Å². The van der Waals surface area contributed by atoms with Crippen molar-refractivity contribution in [3.8, 4) is 0 Å². The van der Waals surface area contributed by atoms with Crippen molar-refractivity contribution in [3.63, 3.8) is 0 Å². The van der Waals surface area contributed by atoms with Gasteiger partial charge in [-0.3, -0.25) is 4.79 Å². The number of amides is 1. The van der Waals surface area contributed by atoms with E-state index in [9.17, 15) is 4.79 Å². The van der Waals surface area contributed by atoms with E-state index in [0.29, 0.717) is 16.6 Å². The van der Waals surface area contributed by atoms with Gasteiger partial charge in [0, 0.05) is 19.6 Å². The Bertz CT molecular complexity index is 444. The maximum Gasteiger partial charge on any atom is 0.265 e. The molecule has 1 rings (SSSR count). The number of hydrogen-bond donors (Lipinski definition) is 2. The fourth-order valence-electron chi connectivity index (χ4n) is 2.05. The zero-order valence-corrected chi connectivity index (χ0v) is 13.9. The van der Waals surface area contributed by atoms with Crippen LogP contribution >= 0.6 is 11.3 Å². The number of aromatic nitrogens is 1. The number of carbonyl (C=O) groups is 1. The first kappa shape index (κ1) is 16.8. The summed E-state index contributed by atoms with van der Waals surface area (Å²) in [5.74, 6) is 0.612. The summed E-state index contributed by atoms with van der Waals surface area (Å²) in [6.45, 7) is 9.28. The van der Waals surface area contributed by atoms with Gasteiger partial charge in [-0.25, -0.2) is 4.98 Å². The third-order valence-corrected chi connectivity index (χ3v) is 4.48. The van der Waals surface area contributed by atoms with E-state index in [4.69, 9.17) is 5.73 Å². The molecule has 1 amide bonds. The molecule has 0 aliphatic heterocycles. The fourth-order valence-corrected chi connectivity index (χ4v) is 2.93. The predicted octanol–water partition coefficient (Wildman–Crippen LogP) is 2.74. The van der Waals surface area contributed by atoms with E-state index in [1.807, 2.05) is 11.9 Å². The molecule has 1 aromatic rings. The molecule has 0 aliphatic carbocycles. The Morgan fingerprint density at radius 3 is 2.60 bits per heavy atom. The summed E-state index contributed by atoms with van der Waals surface area (Å²) >= 11 is 1.36. The van der Waals surface area contributed by atoms with Crippen LogP contribution in [0.4, 0.5) is 10.9 Å². The molecule has 3 N–H and O–H groups in total. The lowest BCUT2D eigenvalue weighted by Gasteiger charge is -2.20. The van der Waals surface area contributed by atoms with Crippen LogP contribution in [0.5, 0.6) is 0 Å². The van der Waals surface area contributed by atoms with Crippen molar-refractivity contribution in [2.45, 2.75) is 46.6 Å². The predicted molar refractivity (Wildman–Crippen MR) is 86.5 cm³/mol. The van der Waals surface area contributed by atoms with Crippen molar-refractivity contribution in [1.82, 2.24) is 10.3 Å². The molecule has 114 valence electrons. The number of anilines is 2. The summed E-state index contributed by atoms with van der Waals surface area (Å²) in [5, 5.41) is 3.84. The van der Waals surface area contributed by atoms with Gasteiger partial charge in [-0.05, 0) is 18.8 Å². The average molecular weight is 298 g/mol. The van der Waals surface area contributed by atoms with E-state index in [2.05, 4.69) is 38.0 Å². The second kappa shape index (κ2) is 7.47. The van der Waals surface area contributed by atoms with Crippen LogP contribution in [0.3, 0.4) is 0 Å². The van der Waals surface area contributed by atoms with Crippen LogP contribution in [-0.4, -0.2) is 30.5 Å². The van der Waals surface area contributed by atoms with Crippen LogP contribution in [-0.2, 0) is 0 Å². The molecule has 20 heavy (non-hydrogen) atoms. The van der Waals surface area contributed by atoms with Gasteiger partial charge in [-0.1, -0.05) is 39.0 Å². The molecule has 1 atom stereocenters. The van der Waals surface area contributed by atoms with Crippen LogP contribution in [0.2, 0.25) is 0 Å². The minimum Gasteiger partial charge on any atom is -0.382 e. The lowest BCUT2D eigenvalue weighted by molar-refractivity contribution is 0.0929. The van der Waals surface area contributed by atoms with Crippen molar-refractivity contribution < 1.29 is 4.79 Å². The van der Waals surface area contributed by atoms with E-state index in [1.54, 1.807) is 0 Å². The first-order valence-electron chi connectivity index (χ1n) is 7.18. The lowest BCUT2D eigenvalue weighted by Crippen LogP contribution is -2.37. The van der Waals surface area contributed by atoms with E-state index in [1.165, 1.54) is 11.3 Å². The monoisotopic (exact) mass is 298 g/mol. The van der Waals surface area contributed by atoms with E-state index < -0.39 is 0 Å². The number of nitrogen functional groups attached to an aromatic ring is 1. The van der Waals surface area contributed by atoms with Crippen molar-refractivity contribution in [1.29, 1.82) is 0 Å². The molecule has 0 spiro atoms. The number of rotatable bonds is 7. The molecule has 0 saturated carbocycles. The van der Waals surface area contributed by atoms with Crippen LogP contribution in [0.25, 0.3) is 0 Å². The zero-order valence-electron chi connectivity index (χ0n) is 13.1. The summed E-state index contributed by atoms with van der Waals surface area (Å²) in [4.78, 5) is 19.1. The van der Waals surface area contributed by atoms with Crippen LogP contribution in [0.1, 0.15) is 50.2 Å². The molecule has 0 aromatic carbocycles. The average Bonchev–Trinajstić information content (AvgIpc) is 2.78. The maximum atomic E-state index is 12.3. The quantitative estimate of drug-likeness (QED) is 0.812. The molecule has 0 fully saturated rings. The standard InChI is InChI=1S/C14H26N4OS/c1-6-8-18(5)14-17-12(15)11(20-14)13(19)16-10(7-2)9(3)4/h9-10H,6-8,15H2,1-5H3,(H,16,19). The van der Waals surface area contributed by atoms with E-state index in [-0.39, 0.29) is 11.9 Å². The molecule has 1 aromatic heterocycles. The first-order valence-corrected chi connectivity index (χ1v) is 8.00. The number of nitrogens with zero attached hydrogens (tertiary/aromatic N) is 2. The van der Waals surface area contributed by atoms with E-state index in [0.717, 1.165) is 24.5 Å². The van der Waals surface area contributed by atoms with Crippen molar-refractivity contribution in [3.05, 3.63) is 4.88 Å². The summed E-state index contributed by atoms with van der Waals surface area (Å²) < 4.78 is 0. The Balaban J connectivity index is 2.83. The van der Waals surface area contributed by atoms with Crippen LogP contribution in [0, 0.1) is 5.92 Å². The molecule has 6 heteroatoms. The Morgan fingerprint density at radius 2 is 2.10 bits per heavy atom. The van der Waals surface area contributed by atoms with Gasteiger partial charge in [-0.15, -0.1) is 0 Å². The fraction of sp³-hybridized carbons (Fsp3) is 0.714. The molecule has 1 heterocycles. The van der Waals surface area contributed by atoms with Gasteiger partial charge in [0.15, 0.2) is 5.13 Å². The summed E-state index contributed by atoms with van der Waals surface area (Å²) in [5.41, 5.74) is 5.88. The highest BCUT2D eigenvalue weighted by molar-refractivity contribution is 7.18. The number of carbonyl (C=O) groups excluding carboxylic acids is 1. The molecule has 0 saturated heterocycles. The summed E-state index contributed by atoms with van der Waals surface area (Å²) in [6, 6.07) is 0.167. The van der Waals surface area contributed by atoms with Gasteiger partial charge in [0.1, 0.15) is 10.7 Å². The zero-order chi connectivity index (χ0) is 15.3. The number of nitrogens with one attached hydrogen (secondary N) is 1. The Hall–Kier alpha value is -1.30. The third-order valence-electron chi connectivity index (χ3n) is 3.29. The van der Waals surface area contributed by atoms with Crippen molar-refractivity contribution in [2.24, 2.45) is 5.92 Å². The minimum atomic E-state index is -0.114. The van der Waals surface area contributed by atoms with Gasteiger partial charge in [0.05, 0.1) is 0 Å². The highest BCUT2D eigenvalue weighted by atomic mass is 32.1. The lowest BCUT2D eigenvalue weighted by atomic mass is 10.0. The Labute approximate surface area is 125 Å². The normalized spacial score (nSPS) is 12.5. The second-order valence-corrected chi connectivity index (χ2v) is 6.34. The smallest absolute Gasteiger partial charge is 0.265 e. The molecule has 1 unspecified atom stereocenters. The summed E-state index contributed by atoms with van der Waals surface area (Å²) in [7, 11) is 1.96. The molecule has 0 radical (unpaired) electrons. The van der Waals surface area contributed by atoms with Gasteiger partial charge in [0.25, 0.3) is 5.91 Å². The third kappa shape index (κ3) is 4.10. The van der Waals surface area contributed by atoms with E-state index >= 15 is 0 Å². The maximum absolute atomic E-state index is 12.3. The highest BCUT2D eigenvalue weighted by Crippen LogP contribution is 2.27. The SMILES string of the molecule is CCCN(C)c1nc(N)c(C(=O)NC(CC)C(C)C)s1. The number of thiazole rings is 1. The Kier molecular flexibility index (Phi) is 6.26. The molecule has 0 bridgehead atoms. The minimum absolute atomic E-state index is 0.114. The van der Waals surface area contributed by atoms with Crippen LogP contribution < -0.4 is 16.0 Å². The summed E-state index contributed by atoms with van der Waals surface area (Å²) in [6.07, 6.45) is 1.94. The topological polar surface area (TPSA) is 71.2 Å². The number of nitrogens with two attached hydrogens (primary N) is 1. The van der Waals surface area contributed by atoms with Gasteiger partial charge < -0.3 is 16.0 Å². The van der Waals surface area contributed by atoms with Gasteiger partial charge in [-0.2, -0.15) is 0 Å². The van der Waals surface area contributed by atoms with Crippen molar-refractivity contribution in [2.75, 3.05) is 24.2 Å². The van der Waals surface area contributed by atoms with Gasteiger partial charge >= 0.3 is 0 Å². The second-order valence-electron chi connectivity index (χ2n) is 5.36. The molecular weight excluding hydrogens is 272 g/mol. The molecule has 5 nitrogen and oxygen atoms in total. The first-order chi connectivity index (χ1) is 9.40. The van der Waals surface area contributed by atoms with Crippen molar-refractivity contribution >= 4 is 28.2 Å². The van der Waals surface area contributed by atoms with Gasteiger partial charge in [0.2, 0.25) is 0 Å². The number of hydrogen-bond acceptors (Lipinski definition) is 5. The Morgan fingerprint density at radius 1 is 1.45 bits per heavy atom. The largest absolute Gasteiger partial charge is 0.382 e. The highest BCUT2D eigenvalue weighted by Gasteiger charge is 2.21.